The average Bonchev–Trinajstić information content (AvgIpc) is 2.90. The first kappa shape index (κ1) is 13.4. The molecule has 1 atom stereocenters. The lowest BCUT2D eigenvalue weighted by Gasteiger charge is -2.25. The lowest BCUT2D eigenvalue weighted by molar-refractivity contribution is -0.119. The first-order chi connectivity index (χ1) is 10.2. The summed E-state index contributed by atoms with van der Waals surface area (Å²) in [4.78, 5) is 11.7. The van der Waals surface area contributed by atoms with Crippen molar-refractivity contribution < 1.29 is 13.9 Å². The Bertz CT molecular complexity index is 640. The molecule has 0 radical (unpaired) electrons. The summed E-state index contributed by atoms with van der Waals surface area (Å²) >= 11 is 0. The highest BCUT2D eigenvalue weighted by atomic mass is 19.1. The van der Waals surface area contributed by atoms with Crippen LogP contribution in [0.15, 0.2) is 48.5 Å². The van der Waals surface area contributed by atoms with Gasteiger partial charge in [-0.2, -0.15) is 0 Å². The largest absolute Gasteiger partial charge is 0.497 e. The molecule has 0 saturated carbocycles. The van der Waals surface area contributed by atoms with Crippen LogP contribution in [0.3, 0.4) is 0 Å². The topological polar surface area (TPSA) is 41.6 Å². The number of hydrogen-bond donors (Lipinski definition) is 1. The predicted molar refractivity (Wildman–Crippen MR) is 77.4 cm³/mol. The molecule has 1 N–H and O–H groups in total. The van der Waals surface area contributed by atoms with Gasteiger partial charge >= 0.3 is 0 Å². The summed E-state index contributed by atoms with van der Waals surface area (Å²) in [6, 6.07) is 13.5. The number of benzene rings is 2. The van der Waals surface area contributed by atoms with Crippen molar-refractivity contribution in [2.24, 2.45) is 0 Å². The summed E-state index contributed by atoms with van der Waals surface area (Å²) in [5, 5.41) is 1.77. The third-order valence-corrected chi connectivity index (χ3v) is 3.54. The fourth-order valence-electron chi connectivity index (χ4n) is 2.46. The minimum atomic E-state index is -0.301. The van der Waals surface area contributed by atoms with Gasteiger partial charge in [-0.15, -0.1) is 0 Å². The zero-order valence-electron chi connectivity index (χ0n) is 11.5. The predicted octanol–water partition coefficient (Wildman–Crippen LogP) is 2.82. The van der Waals surface area contributed by atoms with E-state index in [0.29, 0.717) is 6.42 Å². The number of halogens is 1. The van der Waals surface area contributed by atoms with Crippen molar-refractivity contribution in [3.63, 3.8) is 0 Å². The first-order valence-corrected chi connectivity index (χ1v) is 6.65. The molecule has 2 aromatic rings. The van der Waals surface area contributed by atoms with E-state index in [4.69, 9.17) is 4.74 Å². The van der Waals surface area contributed by atoms with Gasteiger partial charge in [0.1, 0.15) is 11.6 Å². The highest BCUT2D eigenvalue weighted by Gasteiger charge is 2.31. The molecule has 1 saturated heterocycles. The average molecular weight is 286 g/mol. The number of carbonyl (C=O) groups is 1. The van der Waals surface area contributed by atoms with E-state index in [1.54, 1.807) is 24.3 Å². The van der Waals surface area contributed by atoms with Crippen molar-refractivity contribution in [3.8, 4) is 5.75 Å². The number of methoxy groups -OCH3 is 1. The molecule has 3 rings (SSSR count). The molecule has 1 unspecified atom stereocenters. The SMILES string of the molecule is COc1ccc(C2CC(=O)NN2c2ccc(F)cc2)cc1. The van der Waals surface area contributed by atoms with Crippen LogP contribution in [0.1, 0.15) is 18.0 Å². The summed E-state index contributed by atoms with van der Waals surface area (Å²) < 4.78 is 18.2. The Hall–Kier alpha value is -2.56. The van der Waals surface area contributed by atoms with E-state index in [0.717, 1.165) is 17.0 Å². The van der Waals surface area contributed by atoms with Gasteiger partial charge in [0.25, 0.3) is 0 Å². The van der Waals surface area contributed by atoms with E-state index in [9.17, 15) is 9.18 Å². The second-order valence-electron chi connectivity index (χ2n) is 4.87. The summed E-state index contributed by atoms with van der Waals surface area (Å²) in [5.74, 6) is 0.412. The lowest BCUT2D eigenvalue weighted by atomic mass is 10.0. The van der Waals surface area contributed by atoms with Crippen molar-refractivity contribution in [2.75, 3.05) is 12.1 Å². The van der Waals surface area contributed by atoms with Gasteiger partial charge in [0.2, 0.25) is 5.91 Å². The maximum absolute atomic E-state index is 13.0. The number of hydrazine groups is 1. The monoisotopic (exact) mass is 286 g/mol. The molecule has 1 aliphatic rings. The van der Waals surface area contributed by atoms with Gasteiger partial charge in [-0.05, 0) is 42.0 Å². The molecule has 0 aromatic heterocycles. The van der Waals surface area contributed by atoms with Crippen LogP contribution in [-0.4, -0.2) is 13.0 Å². The quantitative estimate of drug-likeness (QED) is 0.943. The lowest BCUT2D eigenvalue weighted by Crippen LogP contribution is -2.34. The number of nitrogens with one attached hydrogen (secondary N) is 1. The smallest absolute Gasteiger partial charge is 0.241 e. The molecule has 2 aromatic carbocycles. The van der Waals surface area contributed by atoms with Gasteiger partial charge < -0.3 is 4.74 Å². The van der Waals surface area contributed by atoms with Crippen LogP contribution in [0, 0.1) is 5.82 Å². The number of hydrogen-bond acceptors (Lipinski definition) is 3. The molecule has 1 heterocycles. The highest BCUT2D eigenvalue weighted by molar-refractivity contribution is 5.83. The maximum Gasteiger partial charge on any atom is 0.241 e. The molecular weight excluding hydrogens is 271 g/mol. The Morgan fingerprint density at radius 1 is 1.14 bits per heavy atom. The number of rotatable bonds is 3. The van der Waals surface area contributed by atoms with Crippen molar-refractivity contribution in [1.29, 1.82) is 0 Å². The highest BCUT2D eigenvalue weighted by Crippen LogP contribution is 2.32. The number of amides is 1. The van der Waals surface area contributed by atoms with Crippen LogP contribution in [-0.2, 0) is 4.79 Å². The molecule has 0 spiro atoms. The van der Waals surface area contributed by atoms with E-state index in [-0.39, 0.29) is 17.8 Å². The second-order valence-corrected chi connectivity index (χ2v) is 4.87. The minimum absolute atomic E-state index is 0.0554. The Morgan fingerprint density at radius 3 is 2.43 bits per heavy atom. The minimum Gasteiger partial charge on any atom is -0.497 e. The molecule has 0 aliphatic carbocycles. The van der Waals surface area contributed by atoms with Gasteiger partial charge in [-0.25, -0.2) is 4.39 Å². The Labute approximate surface area is 122 Å². The van der Waals surface area contributed by atoms with Crippen molar-refractivity contribution in [3.05, 3.63) is 59.9 Å². The van der Waals surface area contributed by atoms with E-state index >= 15 is 0 Å². The maximum atomic E-state index is 13.0. The number of anilines is 1. The van der Waals surface area contributed by atoms with E-state index in [1.165, 1.54) is 12.1 Å². The zero-order valence-corrected chi connectivity index (χ0v) is 11.5. The van der Waals surface area contributed by atoms with Crippen LogP contribution in [0.5, 0.6) is 5.75 Å². The van der Waals surface area contributed by atoms with Crippen LogP contribution < -0.4 is 15.2 Å². The number of carbonyl (C=O) groups excluding carboxylic acids is 1. The van der Waals surface area contributed by atoms with E-state index in [1.807, 2.05) is 24.3 Å². The van der Waals surface area contributed by atoms with Gasteiger partial charge in [-0.3, -0.25) is 15.2 Å². The molecular formula is C16H15FN2O2. The zero-order chi connectivity index (χ0) is 14.8. The van der Waals surface area contributed by atoms with Gasteiger partial charge in [-0.1, -0.05) is 12.1 Å². The first-order valence-electron chi connectivity index (χ1n) is 6.65. The fourth-order valence-corrected chi connectivity index (χ4v) is 2.46. The van der Waals surface area contributed by atoms with Crippen LogP contribution in [0.4, 0.5) is 10.1 Å². The third kappa shape index (κ3) is 2.67. The molecule has 5 heteroatoms. The van der Waals surface area contributed by atoms with Crippen LogP contribution in [0.2, 0.25) is 0 Å². The van der Waals surface area contributed by atoms with Crippen LogP contribution >= 0.6 is 0 Å². The number of ether oxygens (including phenoxy) is 1. The molecule has 0 bridgehead atoms. The molecule has 1 aliphatic heterocycles. The molecule has 108 valence electrons. The third-order valence-electron chi connectivity index (χ3n) is 3.54. The van der Waals surface area contributed by atoms with Crippen LogP contribution in [0.25, 0.3) is 0 Å². The summed E-state index contributed by atoms with van der Waals surface area (Å²) in [6.07, 6.45) is 0.365. The standard InChI is InChI=1S/C16H15FN2O2/c1-21-14-8-2-11(3-9-14)15-10-16(20)18-19(15)13-6-4-12(17)5-7-13/h2-9,15H,10H2,1H3,(H,18,20). The molecule has 1 amide bonds. The molecule has 21 heavy (non-hydrogen) atoms. The van der Waals surface area contributed by atoms with Crippen molar-refractivity contribution >= 4 is 11.6 Å². The number of nitrogens with zero attached hydrogens (tertiary/aromatic N) is 1. The summed E-state index contributed by atoms with van der Waals surface area (Å²) in [6.45, 7) is 0. The van der Waals surface area contributed by atoms with E-state index in [2.05, 4.69) is 5.43 Å². The van der Waals surface area contributed by atoms with Gasteiger partial charge in [0, 0.05) is 0 Å². The van der Waals surface area contributed by atoms with Crippen molar-refractivity contribution in [2.45, 2.75) is 12.5 Å². The Balaban J connectivity index is 1.91. The molecule has 1 fully saturated rings. The van der Waals surface area contributed by atoms with Crippen molar-refractivity contribution in [1.82, 2.24) is 5.43 Å². The van der Waals surface area contributed by atoms with Gasteiger partial charge in [0.05, 0.1) is 25.3 Å². The second kappa shape index (κ2) is 5.44. The van der Waals surface area contributed by atoms with E-state index < -0.39 is 0 Å². The van der Waals surface area contributed by atoms with Gasteiger partial charge in [0.15, 0.2) is 0 Å². The summed E-state index contributed by atoms with van der Waals surface area (Å²) in [5.41, 5.74) is 4.56. The normalized spacial score (nSPS) is 17.7. The Morgan fingerprint density at radius 2 is 1.81 bits per heavy atom. The fraction of sp³-hybridized carbons (Fsp3) is 0.188. The Kier molecular flexibility index (Phi) is 3.48. The molecule has 4 nitrogen and oxygen atoms in total. The summed E-state index contributed by atoms with van der Waals surface area (Å²) in [7, 11) is 1.61.